The van der Waals surface area contributed by atoms with Crippen LogP contribution >= 0.6 is 0 Å². The number of nitrogens with one attached hydrogen (secondary N) is 4. The van der Waals surface area contributed by atoms with Crippen molar-refractivity contribution >= 4 is 29.6 Å². The number of fused-ring (bicyclic) bond motifs is 2. The SMILES string of the molecule is Cc1cccc(C(=O)NC2(C(=O)Nc3nn[nH]n3)Cc3ccccc3C2)c1OC1CCC1.Cc1cccc(C(=O)NC2(C(=O)O)Cc3ccccc3C2)c1OC1CCC1. The largest absolute Gasteiger partial charge is 0.489 e. The monoisotopic (exact) mass is 797 g/mol. The molecule has 1 heterocycles. The van der Waals surface area contributed by atoms with E-state index in [0.717, 1.165) is 71.9 Å². The summed E-state index contributed by atoms with van der Waals surface area (Å²) in [5, 5.41) is 31.8. The molecule has 3 amide bonds. The van der Waals surface area contributed by atoms with Crippen molar-refractivity contribution in [2.45, 2.75) is 101 Å². The molecule has 14 nitrogen and oxygen atoms in total. The molecule has 4 aliphatic rings. The number of amides is 3. The van der Waals surface area contributed by atoms with E-state index in [4.69, 9.17) is 9.47 Å². The first-order valence-corrected chi connectivity index (χ1v) is 20.1. The lowest BCUT2D eigenvalue weighted by Gasteiger charge is -2.30. The molecule has 5 aromatic rings. The zero-order valence-corrected chi connectivity index (χ0v) is 33.0. The van der Waals surface area contributed by atoms with Crippen molar-refractivity contribution in [2.75, 3.05) is 5.32 Å². The van der Waals surface area contributed by atoms with E-state index in [0.29, 0.717) is 35.5 Å². The van der Waals surface area contributed by atoms with E-state index < -0.39 is 28.9 Å². The Labute approximate surface area is 341 Å². The van der Waals surface area contributed by atoms with Crippen LogP contribution in [0.4, 0.5) is 5.95 Å². The molecular weight excluding hydrogens is 751 g/mol. The number of carboxylic acids is 1. The smallest absolute Gasteiger partial charge is 0.330 e. The number of carboxylic acid groups (broad SMARTS) is 1. The first-order valence-electron chi connectivity index (χ1n) is 20.1. The van der Waals surface area contributed by atoms with E-state index in [-0.39, 0.29) is 36.9 Å². The summed E-state index contributed by atoms with van der Waals surface area (Å²) in [5.74, 6) is -0.945. The van der Waals surface area contributed by atoms with Gasteiger partial charge in [0.2, 0.25) is 0 Å². The van der Waals surface area contributed by atoms with Crippen LogP contribution in [0.5, 0.6) is 11.5 Å². The Morgan fingerprint density at radius 1 is 0.644 bits per heavy atom. The normalized spacial score (nSPS) is 17.1. The number of hydrogen-bond acceptors (Lipinski definition) is 9. The Kier molecular flexibility index (Phi) is 10.9. The molecule has 0 saturated heterocycles. The highest BCUT2D eigenvalue weighted by Gasteiger charge is 2.47. The van der Waals surface area contributed by atoms with Crippen LogP contribution in [-0.2, 0) is 35.3 Å². The highest BCUT2D eigenvalue weighted by atomic mass is 16.5. The molecule has 0 aliphatic heterocycles. The van der Waals surface area contributed by atoms with Crippen LogP contribution in [0, 0.1) is 13.8 Å². The molecule has 5 N–H and O–H groups in total. The van der Waals surface area contributed by atoms with Crippen molar-refractivity contribution in [3.63, 3.8) is 0 Å². The second-order valence-electron chi connectivity index (χ2n) is 16.1. The number of anilines is 1. The minimum Gasteiger partial charge on any atom is -0.489 e. The standard InChI is InChI=1S/C23H24N6O3.C22H23NO4/c1-14-6-4-11-18(19(14)32-17-9-5-10-17)20(30)25-23(21(31)24-22-26-28-29-27-22)12-15-7-2-3-8-16(15)13-23;1-14-6-4-11-18(19(14)27-17-9-5-10-17)20(24)23-22(21(25)26)12-15-7-2-3-8-16(15)13-22/h2-4,6-8,11,17H,5,9-10,12-13H2,1H3,(H,25,30)(H2,24,26,27,28,29,31);2-4,6-8,11,17H,5,9-10,12-13H2,1H3,(H,23,24)(H,25,26). The van der Waals surface area contributed by atoms with E-state index in [1.165, 1.54) is 0 Å². The second-order valence-corrected chi connectivity index (χ2v) is 16.1. The topological polar surface area (TPSA) is 198 Å². The molecule has 2 saturated carbocycles. The van der Waals surface area contributed by atoms with Crippen molar-refractivity contribution in [2.24, 2.45) is 0 Å². The van der Waals surface area contributed by atoms with Gasteiger partial charge in [0.25, 0.3) is 23.7 Å². The number of aromatic amines is 1. The summed E-state index contributed by atoms with van der Waals surface area (Å²) in [6.45, 7) is 3.83. The number of para-hydroxylation sites is 2. The van der Waals surface area contributed by atoms with E-state index in [1.807, 2.05) is 80.6 Å². The van der Waals surface area contributed by atoms with Gasteiger partial charge in [-0.1, -0.05) is 77.9 Å². The summed E-state index contributed by atoms with van der Waals surface area (Å²) < 4.78 is 12.2. The third-order valence-corrected chi connectivity index (χ3v) is 11.9. The van der Waals surface area contributed by atoms with Crippen molar-refractivity contribution in [3.05, 3.63) is 129 Å². The molecule has 14 heteroatoms. The number of aryl methyl sites for hydroxylation is 2. The number of rotatable bonds is 11. The van der Waals surface area contributed by atoms with Crippen molar-refractivity contribution in [1.82, 2.24) is 31.3 Å². The van der Waals surface area contributed by atoms with Gasteiger partial charge in [-0.3, -0.25) is 19.7 Å². The number of tetrazole rings is 1. The van der Waals surface area contributed by atoms with Crippen molar-refractivity contribution < 1.29 is 33.8 Å². The van der Waals surface area contributed by atoms with Crippen LogP contribution in [0.15, 0.2) is 84.9 Å². The van der Waals surface area contributed by atoms with Crippen LogP contribution in [0.2, 0.25) is 0 Å². The molecule has 304 valence electrons. The molecule has 4 aliphatic carbocycles. The lowest BCUT2D eigenvalue weighted by atomic mass is 9.93. The summed E-state index contributed by atoms with van der Waals surface area (Å²) in [7, 11) is 0. The van der Waals surface area contributed by atoms with Gasteiger partial charge in [0.1, 0.15) is 22.6 Å². The fraction of sp³-hybridized carbons (Fsp3) is 0.356. The molecule has 0 atom stereocenters. The number of hydrogen-bond donors (Lipinski definition) is 5. The Balaban J connectivity index is 0.000000167. The average molecular weight is 798 g/mol. The van der Waals surface area contributed by atoms with Gasteiger partial charge in [-0.15, -0.1) is 5.10 Å². The average Bonchev–Trinajstić information content (AvgIpc) is 3.93. The molecule has 1 aromatic heterocycles. The van der Waals surface area contributed by atoms with Gasteiger partial charge in [-0.25, -0.2) is 4.79 Å². The second kappa shape index (κ2) is 16.4. The number of carbonyl (C=O) groups excluding carboxylic acids is 3. The molecule has 4 aromatic carbocycles. The number of H-pyrrole nitrogens is 1. The summed E-state index contributed by atoms with van der Waals surface area (Å²) in [5.41, 5.74) is 4.08. The first-order chi connectivity index (χ1) is 28.5. The number of nitrogens with zero attached hydrogens (tertiary/aromatic N) is 3. The molecule has 0 bridgehead atoms. The number of aliphatic carboxylic acids is 1. The van der Waals surface area contributed by atoms with Crippen LogP contribution < -0.4 is 25.4 Å². The third kappa shape index (κ3) is 8.12. The summed E-state index contributed by atoms with van der Waals surface area (Å²) >= 11 is 0. The highest BCUT2D eigenvalue weighted by Crippen LogP contribution is 2.36. The predicted octanol–water partition coefficient (Wildman–Crippen LogP) is 5.62. The number of carbonyl (C=O) groups is 4. The molecular formula is C45H47N7O7. The van der Waals surface area contributed by atoms with Crippen molar-refractivity contribution in [1.29, 1.82) is 0 Å². The minimum atomic E-state index is -1.32. The highest BCUT2D eigenvalue weighted by molar-refractivity contribution is 6.05. The van der Waals surface area contributed by atoms with Crippen LogP contribution in [0.25, 0.3) is 0 Å². The number of ether oxygens (including phenoxy) is 2. The molecule has 2 fully saturated rings. The van der Waals surface area contributed by atoms with Gasteiger partial charge in [-0.05, 0) is 103 Å². The Morgan fingerprint density at radius 3 is 1.47 bits per heavy atom. The van der Waals surface area contributed by atoms with Crippen LogP contribution in [0.3, 0.4) is 0 Å². The van der Waals surface area contributed by atoms with Gasteiger partial charge in [0.05, 0.1) is 23.3 Å². The van der Waals surface area contributed by atoms with Gasteiger partial charge >= 0.3 is 5.97 Å². The van der Waals surface area contributed by atoms with Gasteiger partial charge in [-0.2, -0.15) is 5.21 Å². The van der Waals surface area contributed by atoms with Gasteiger partial charge in [0, 0.05) is 25.7 Å². The maximum Gasteiger partial charge on any atom is 0.330 e. The zero-order valence-electron chi connectivity index (χ0n) is 33.0. The summed E-state index contributed by atoms with van der Waals surface area (Å²) in [6, 6.07) is 26.3. The van der Waals surface area contributed by atoms with E-state index in [2.05, 4.69) is 36.6 Å². The van der Waals surface area contributed by atoms with Crippen LogP contribution in [-0.4, -0.2) is 72.7 Å². The predicted molar refractivity (Wildman–Crippen MR) is 217 cm³/mol. The Hall–Kier alpha value is -6.57. The van der Waals surface area contributed by atoms with Crippen LogP contribution in [0.1, 0.15) is 92.6 Å². The Bertz CT molecular complexity index is 2340. The lowest BCUT2D eigenvalue weighted by molar-refractivity contribution is -0.144. The van der Waals surface area contributed by atoms with Gasteiger partial charge in [0.15, 0.2) is 0 Å². The summed E-state index contributed by atoms with van der Waals surface area (Å²) in [6.07, 6.45) is 7.80. The van der Waals surface area contributed by atoms with E-state index in [9.17, 15) is 24.3 Å². The molecule has 9 rings (SSSR count). The Morgan fingerprint density at radius 2 is 1.08 bits per heavy atom. The fourth-order valence-corrected chi connectivity index (χ4v) is 8.12. The zero-order chi connectivity index (χ0) is 41.1. The maximum absolute atomic E-state index is 13.5. The molecule has 59 heavy (non-hydrogen) atoms. The third-order valence-electron chi connectivity index (χ3n) is 11.9. The quantitative estimate of drug-likeness (QED) is 0.112. The molecule has 0 radical (unpaired) electrons. The van der Waals surface area contributed by atoms with Crippen molar-refractivity contribution in [3.8, 4) is 11.5 Å². The van der Waals surface area contributed by atoms with E-state index in [1.54, 1.807) is 18.2 Å². The van der Waals surface area contributed by atoms with E-state index >= 15 is 0 Å². The minimum absolute atomic E-state index is 0.0594. The number of benzene rings is 4. The maximum atomic E-state index is 13.5. The number of aromatic nitrogens is 4. The first kappa shape index (κ1) is 39.3. The fourth-order valence-electron chi connectivity index (χ4n) is 8.12. The lowest BCUT2D eigenvalue weighted by Crippen LogP contribution is -2.58. The van der Waals surface area contributed by atoms with Gasteiger partial charge < -0.3 is 25.2 Å². The molecule has 0 spiro atoms. The summed E-state index contributed by atoms with van der Waals surface area (Å²) in [4.78, 5) is 52.0. The molecule has 0 unspecified atom stereocenters.